The van der Waals surface area contributed by atoms with E-state index < -0.39 is 12.1 Å². The first-order valence-corrected chi connectivity index (χ1v) is 3.62. The molecule has 0 unspecified atom stereocenters. The monoisotopic (exact) mass is 174 g/mol. The Morgan fingerprint density at radius 1 is 1.25 bits per heavy atom. The van der Waals surface area contributed by atoms with E-state index in [1.165, 1.54) is 11.9 Å². The molecule has 70 valence electrons. The molecule has 0 N–H and O–H groups in total. The molecule has 0 aromatic rings. The number of amides is 3. The number of imide groups is 1. The van der Waals surface area contributed by atoms with Gasteiger partial charge >= 0.3 is 12.1 Å². The van der Waals surface area contributed by atoms with E-state index in [1.807, 2.05) is 0 Å². The lowest BCUT2D eigenvalue weighted by Gasteiger charge is -2.18. The summed E-state index contributed by atoms with van der Waals surface area (Å²) in [5.41, 5.74) is 0. The molecular formula is C7H14N2O3. The van der Waals surface area contributed by atoms with E-state index in [4.69, 9.17) is 0 Å². The van der Waals surface area contributed by atoms with Gasteiger partial charge < -0.3 is 9.64 Å². The summed E-state index contributed by atoms with van der Waals surface area (Å²) in [6.45, 7) is 1.95. The number of urea groups is 1. The number of nitrogens with zero attached hydrogens (tertiary/aromatic N) is 2. The lowest BCUT2D eigenvalue weighted by Crippen LogP contribution is -2.40. The summed E-state index contributed by atoms with van der Waals surface area (Å²) >= 11 is 0. The minimum Gasteiger partial charge on any atom is -0.449 e. The summed E-state index contributed by atoms with van der Waals surface area (Å²) in [5.74, 6) is 0. The quantitative estimate of drug-likeness (QED) is 0.589. The summed E-state index contributed by atoms with van der Waals surface area (Å²) in [5, 5.41) is 0. The Hall–Kier alpha value is -1.26. The third-order valence-corrected chi connectivity index (χ3v) is 1.21. The van der Waals surface area contributed by atoms with Gasteiger partial charge in [-0.15, -0.1) is 0 Å². The highest BCUT2D eigenvalue weighted by Crippen LogP contribution is 1.94. The summed E-state index contributed by atoms with van der Waals surface area (Å²) in [6, 6.07) is -0.395. The maximum absolute atomic E-state index is 11.1. The van der Waals surface area contributed by atoms with E-state index in [0.717, 1.165) is 4.90 Å². The molecule has 5 heteroatoms. The average Bonchev–Trinajstić information content (AvgIpc) is 2.02. The zero-order chi connectivity index (χ0) is 9.72. The highest BCUT2D eigenvalue weighted by atomic mass is 16.6. The molecule has 0 aromatic heterocycles. The molecule has 0 rings (SSSR count). The van der Waals surface area contributed by atoms with Crippen LogP contribution in [0.5, 0.6) is 0 Å². The molecule has 0 fully saturated rings. The molecule has 3 amide bonds. The van der Waals surface area contributed by atoms with Crippen LogP contribution in [-0.2, 0) is 4.74 Å². The molecule has 0 aliphatic rings. The van der Waals surface area contributed by atoms with Gasteiger partial charge in [-0.2, -0.15) is 0 Å². The summed E-state index contributed by atoms with van der Waals surface area (Å²) in [4.78, 5) is 24.3. The van der Waals surface area contributed by atoms with Crippen molar-refractivity contribution < 1.29 is 14.3 Å². The van der Waals surface area contributed by atoms with Gasteiger partial charge in [0.2, 0.25) is 0 Å². The van der Waals surface area contributed by atoms with Gasteiger partial charge in [0.05, 0.1) is 6.61 Å². The number of hydrogen-bond acceptors (Lipinski definition) is 3. The predicted octanol–water partition coefficient (Wildman–Crippen LogP) is 0.756. The Kier molecular flexibility index (Phi) is 4.10. The van der Waals surface area contributed by atoms with Crippen molar-refractivity contribution >= 4 is 12.1 Å². The van der Waals surface area contributed by atoms with Gasteiger partial charge in [0.25, 0.3) is 0 Å². The molecule has 0 aromatic carbocycles. The Morgan fingerprint density at radius 2 is 1.75 bits per heavy atom. The van der Waals surface area contributed by atoms with Gasteiger partial charge in [-0.1, -0.05) is 0 Å². The van der Waals surface area contributed by atoms with Gasteiger partial charge in [0.15, 0.2) is 0 Å². The van der Waals surface area contributed by atoms with Crippen molar-refractivity contribution in [1.29, 1.82) is 0 Å². The molecule has 0 aliphatic heterocycles. The fraction of sp³-hybridized carbons (Fsp3) is 0.714. The van der Waals surface area contributed by atoms with E-state index >= 15 is 0 Å². The van der Waals surface area contributed by atoms with Crippen molar-refractivity contribution in [3.8, 4) is 0 Å². The SMILES string of the molecule is CCOC(=O)N(C)C(=O)N(C)C. The lowest BCUT2D eigenvalue weighted by molar-refractivity contribution is 0.115. The molecule has 0 saturated carbocycles. The van der Waals surface area contributed by atoms with Crippen LogP contribution in [0.1, 0.15) is 6.92 Å². The molecule has 12 heavy (non-hydrogen) atoms. The van der Waals surface area contributed by atoms with Crippen molar-refractivity contribution in [2.24, 2.45) is 0 Å². The fourth-order valence-electron chi connectivity index (χ4n) is 0.598. The van der Waals surface area contributed by atoms with Crippen LogP contribution in [0.4, 0.5) is 9.59 Å². The Labute approximate surface area is 71.9 Å². The fourth-order valence-corrected chi connectivity index (χ4v) is 0.598. The number of rotatable bonds is 1. The van der Waals surface area contributed by atoms with Crippen LogP contribution in [0.2, 0.25) is 0 Å². The maximum Gasteiger partial charge on any atom is 0.417 e. The summed E-state index contributed by atoms with van der Waals surface area (Å²) in [7, 11) is 4.51. The second-order valence-corrected chi connectivity index (χ2v) is 2.43. The first-order chi connectivity index (χ1) is 5.50. The van der Waals surface area contributed by atoms with Crippen molar-refractivity contribution in [2.75, 3.05) is 27.7 Å². The van der Waals surface area contributed by atoms with E-state index in [9.17, 15) is 9.59 Å². The molecule has 0 heterocycles. The lowest BCUT2D eigenvalue weighted by atomic mass is 10.7. The number of carbonyl (C=O) groups excluding carboxylic acids is 2. The maximum atomic E-state index is 11.1. The molecule has 0 atom stereocenters. The second kappa shape index (κ2) is 4.58. The minimum absolute atomic E-state index is 0.268. The third-order valence-electron chi connectivity index (χ3n) is 1.21. The van der Waals surface area contributed by atoms with Crippen molar-refractivity contribution in [1.82, 2.24) is 9.80 Å². The van der Waals surface area contributed by atoms with Gasteiger partial charge in [-0.05, 0) is 6.92 Å². The average molecular weight is 174 g/mol. The molecule has 0 bridgehead atoms. The van der Waals surface area contributed by atoms with E-state index in [2.05, 4.69) is 4.74 Å². The zero-order valence-electron chi connectivity index (χ0n) is 7.83. The standard InChI is InChI=1S/C7H14N2O3/c1-5-12-7(11)9(4)6(10)8(2)3/h5H2,1-4H3. The van der Waals surface area contributed by atoms with Crippen LogP contribution in [0, 0.1) is 0 Å². The van der Waals surface area contributed by atoms with Crippen LogP contribution in [0.3, 0.4) is 0 Å². The normalized spacial score (nSPS) is 9.00. The zero-order valence-corrected chi connectivity index (χ0v) is 7.83. The van der Waals surface area contributed by atoms with E-state index in [0.29, 0.717) is 0 Å². The number of ether oxygens (including phenoxy) is 1. The van der Waals surface area contributed by atoms with E-state index in [-0.39, 0.29) is 6.61 Å². The molecule has 5 nitrogen and oxygen atoms in total. The molecule has 0 spiro atoms. The molecule has 0 saturated heterocycles. The first kappa shape index (κ1) is 10.7. The third kappa shape index (κ3) is 2.77. The van der Waals surface area contributed by atoms with Gasteiger partial charge in [0.1, 0.15) is 0 Å². The predicted molar refractivity (Wildman–Crippen MR) is 43.9 cm³/mol. The van der Waals surface area contributed by atoms with Crippen molar-refractivity contribution in [2.45, 2.75) is 6.92 Å². The van der Waals surface area contributed by atoms with Crippen LogP contribution < -0.4 is 0 Å². The van der Waals surface area contributed by atoms with Gasteiger partial charge in [-0.3, -0.25) is 0 Å². The van der Waals surface area contributed by atoms with Crippen LogP contribution >= 0.6 is 0 Å². The largest absolute Gasteiger partial charge is 0.449 e. The summed E-state index contributed by atoms with van der Waals surface area (Å²) in [6.07, 6.45) is -0.629. The smallest absolute Gasteiger partial charge is 0.417 e. The summed E-state index contributed by atoms with van der Waals surface area (Å²) < 4.78 is 4.61. The first-order valence-electron chi connectivity index (χ1n) is 3.62. The van der Waals surface area contributed by atoms with Crippen molar-refractivity contribution in [3.63, 3.8) is 0 Å². The Bertz CT molecular complexity index is 179. The Morgan fingerprint density at radius 3 is 2.08 bits per heavy atom. The van der Waals surface area contributed by atoms with Gasteiger partial charge in [0, 0.05) is 21.1 Å². The van der Waals surface area contributed by atoms with Crippen LogP contribution in [-0.4, -0.2) is 49.7 Å². The second-order valence-electron chi connectivity index (χ2n) is 2.43. The van der Waals surface area contributed by atoms with E-state index in [1.54, 1.807) is 21.0 Å². The molecule has 0 radical (unpaired) electrons. The highest BCUT2D eigenvalue weighted by molar-refractivity contribution is 5.90. The van der Waals surface area contributed by atoms with Crippen LogP contribution in [0.25, 0.3) is 0 Å². The molecular weight excluding hydrogens is 160 g/mol. The van der Waals surface area contributed by atoms with Crippen molar-refractivity contribution in [3.05, 3.63) is 0 Å². The number of hydrogen-bond donors (Lipinski definition) is 0. The minimum atomic E-state index is -0.629. The Balaban J connectivity index is 4.10. The topological polar surface area (TPSA) is 49.9 Å². The van der Waals surface area contributed by atoms with Crippen LogP contribution in [0.15, 0.2) is 0 Å². The number of carbonyl (C=O) groups is 2. The molecule has 0 aliphatic carbocycles. The van der Waals surface area contributed by atoms with Gasteiger partial charge in [-0.25, -0.2) is 14.5 Å². The highest BCUT2D eigenvalue weighted by Gasteiger charge is 2.18.